The fraction of sp³-hybridized carbons (Fsp3) is 0.429. The third-order valence-corrected chi connectivity index (χ3v) is 3.82. The number of hydrogen-bond acceptors (Lipinski definition) is 4. The molecule has 0 bridgehead atoms. The van der Waals surface area contributed by atoms with Crippen LogP contribution in [0.1, 0.15) is 19.4 Å². The number of nitrogens with one attached hydrogen (secondary N) is 1. The lowest BCUT2D eigenvalue weighted by atomic mass is 10.2. The van der Waals surface area contributed by atoms with Gasteiger partial charge in [-0.2, -0.15) is 0 Å². The van der Waals surface area contributed by atoms with Crippen LogP contribution in [-0.2, 0) is 14.8 Å². The smallest absolute Gasteiger partial charge is 0.240 e. The number of hydrogen-bond donors (Lipinski definition) is 2. The molecule has 20 heavy (non-hydrogen) atoms. The average Bonchev–Trinajstić information content (AvgIpc) is 2.42. The highest BCUT2D eigenvalue weighted by atomic mass is 32.2. The Balaban J connectivity index is 2.63. The van der Waals surface area contributed by atoms with Gasteiger partial charge >= 0.3 is 0 Å². The lowest BCUT2D eigenvalue weighted by Gasteiger charge is -2.09. The van der Waals surface area contributed by atoms with Gasteiger partial charge in [-0.3, -0.25) is 0 Å². The fourth-order valence-corrected chi connectivity index (χ4v) is 2.44. The highest BCUT2D eigenvalue weighted by molar-refractivity contribution is 7.89. The van der Waals surface area contributed by atoms with Gasteiger partial charge in [0.05, 0.1) is 24.2 Å². The first-order valence-electron chi connectivity index (χ1n) is 6.36. The first kappa shape index (κ1) is 16.7. The van der Waals surface area contributed by atoms with E-state index < -0.39 is 10.0 Å². The van der Waals surface area contributed by atoms with E-state index in [-0.39, 0.29) is 24.1 Å². The molecule has 0 aliphatic carbocycles. The molecule has 6 heteroatoms. The summed E-state index contributed by atoms with van der Waals surface area (Å²) >= 11 is 0. The molecule has 0 unspecified atom stereocenters. The van der Waals surface area contributed by atoms with E-state index in [4.69, 9.17) is 10.5 Å². The standard InChI is InChI=1S/C14H20N2O3S/c1-12(2)19-11-10-16-20(17,18)14-7-5-13(6-8-14)4-3-9-15/h5-8,12,16H,9-11,15H2,1-2H3. The highest BCUT2D eigenvalue weighted by Gasteiger charge is 2.12. The van der Waals surface area contributed by atoms with Crippen molar-refractivity contribution in [3.8, 4) is 11.8 Å². The largest absolute Gasteiger partial charge is 0.377 e. The third kappa shape index (κ3) is 5.72. The zero-order valence-corrected chi connectivity index (χ0v) is 12.5. The number of ether oxygens (including phenoxy) is 1. The van der Waals surface area contributed by atoms with Gasteiger partial charge in [0, 0.05) is 12.1 Å². The molecule has 0 fully saturated rings. The van der Waals surface area contributed by atoms with Crippen molar-refractivity contribution in [3.63, 3.8) is 0 Å². The van der Waals surface area contributed by atoms with Gasteiger partial charge in [0.2, 0.25) is 10.0 Å². The molecular formula is C14H20N2O3S. The predicted octanol–water partition coefficient (Wildman–Crippen LogP) is 0.700. The van der Waals surface area contributed by atoms with Crippen molar-refractivity contribution >= 4 is 10.0 Å². The van der Waals surface area contributed by atoms with Crippen molar-refractivity contribution in [1.29, 1.82) is 0 Å². The molecule has 0 spiro atoms. The lowest BCUT2D eigenvalue weighted by molar-refractivity contribution is 0.0834. The molecular weight excluding hydrogens is 276 g/mol. The maximum absolute atomic E-state index is 12.0. The van der Waals surface area contributed by atoms with Gasteiger partial charge in [0.15, 0.2) is 0 Å². The van der Waals surface area contributed by atoms with E-state index in [0.717, 1.165) is 5.56 Å². The van der Waals surface area contributed by atoms with Crippen LogP contribution in [0.3, 0.4) is 0 Å². The monoisotopic (exact) mass is 296 g/mol. The van der Waals surface area contributed by atoms with Crippen molar-refractivity contribution in [2.45, 2.75) is 24.8 Å². The van der Waals surface area contributed by atoms with Crippen molar-refractivity contribution in [3.05, 3.63) is 29.8 Å². The zero-order valence-electron chi connectivity index (χ0n) is 11.7. The summed E-state index contributed by atoms with van der Waals surface area (Å²) in [6, 6.07) is 6.35. The second-order valence-electron chi connectivity index (χ2n) is 4.35. The van der Waals surface area contributed by atoms with Gasteiger partial charge in [0.1, 0.15) is 0 Å². The maximum atomic E-state index is 12.0. The first-order valence-corrected chi connectivity index (χ1v) is 7.84. The molecule has 0 radical (unpaired) electrons. The molecule has 0 aliphatic heterocycles. The van der Waals surface area contributed by atoms with Crippen LogP contribution < -0.4 is 10.5 Å². The summed E-state index contributed by atoms with van der Waals surface area (Å²) in [4.78, 5) is 0.209. The molecule has 0 heterocycles. The molecule has 1 aromatic carbocycles. The normalized spacial score (nSPS) is 11.2. The van der Waals surface area contributed by atoms with Gasteiger partial charge in [-0.1, -0.05) is 11.8 Å². The van der Waals surface area contributed by atoms with E-state index in [0.29, 0.717) is 6.61 Å². The fourth-order valence-electron chi connectivity index (χ4n) is 1.42. The minimum atomic E-state index is -3.50. The van der Waals surface area contributed by atoms with Crippen LogP contribution >= 0.6 is 0 Å². The first-order chi connectivity index (χ1) is 9.45. The number of benzene rings is 1. The number of nitrogens with two attached hydrogens (primary N) is 1. The molecule has 1 rings (SSSR count). The van der Waals surface area contributed by atoms with E-state index in [1.165, 1.54) is 12.1 Å². The van der Waals surface area contributed by atoms with E-state index >= 15 is 0 Å². The lowest BCUT2D eigenvalue weighted by Crippen LogP contribution is -2.28. The quantitative estimate of drug-likeness (QED) is 0.598. The van der Waals surface area contributed by atoms with Crippen molar-refractivity contribution in [2.24, 2.45) is 5.73 Å². The Kier molecular flexibility index (Phi) is 6.68. The van der Waals surface area contributed by atoms with E-state index in [1.807, 2.05) is 13.8 Å². The summed E-state index contributed by atoms with van der Waals surface area (Å²) in [7, 11) is -3.50. The van der Waals surface area contributed by atoms with E-state index in [9.17, 15) is 8.42 Å². The van der Waals surface area contributed by atoms with Gasteiger partial charge in [-0.25, -0.2) is 13.1 Å². The van der Waals surface area contributed by atoms with Crippen LogP contribution in [0.5, 0.6) is 0 Å². The van der Waals surface area contributed by atoms with Crippen LogP contribution in [0.15, 0.2) is 29.2 Å². The SMILES string of the molecule is CC(C)OCCNS(=O)(=O)c1ccc(C#CCN)cc1. The Morgan fingerprint density at radius 1 is 1.30 bits per heavy atom. The molecule has 0 saturated heterocycles. The molecule has 0 aliphatic rings. The second kappa shape index (κ2) is 8.02. The molecule has 0 amide bonds. The zero-order chi connectivity index (χ0) is 15.0. The van der Waals surface area contributed by atoms with Crippen molar-refractivity contribution in [1.82, 2.24) is 4.72 Å². The molecule has 110 valence electrons. The summed E-state index contributed by atoms with van der Waals surface area (Å²) in [6.45, 7) is 4.66. The summed E-state index contributed by atoms with van der Waals surface area (Å²) in [5.74, 6) is 5.55. The van der Waals surface area contributed by atoms with Crippen LogP contribution in [0, 0.1) is 11.8 Å². The predicted molar refractivity (Wildman–Crippen MR) is 78.7 cm³/mol. The Hall–Kier alpha value is -1.39. The summed E-state index contributed by atoms with van der Waals surface area (Å²) < 4.78 is 31.7. The molecule has 1 aromatic rings. The summed E-state index contributed by atoms with van der Waals surface area (Å²) in [5, 5.41) is 0. The Labute approximate surface area is 120 Å². The number of sulfonamides is 1. The molecule has 0 atom stereocenters. The Morgan fingerprint density at radius 2 is 1.95 bits per heavy atom. The van der Waals surface area contributed by atoms with Crippen LogP contribution in [0.25, 0.3) is 0 Å². The average molecular weight is 296 g/mol. The molecule has 5 nitrogen and oxygen atoms in total. The number of rotatable bonds is 6. The highest BCUT2D eigenvalue weighted by Crippen LogP contribution is 2.09. The Bertz CT molecular complexity index is 569. The minimum Gasteiger partial charge on any atom is -0.377 e. The van der Waals surface area contributed by atoms with Gasteiger partial charge in [-0.05, 0) is 38.1 Å². The summed E-state index contributed by atoms with van der Waals surface area (Å²) in [6.07, 6.45) is 0.0832. The van der Waals surface area contributed by atoms with Gasteiger partial charge in [0.25, 0.3) is 0 Å². The summed E-state index contributed by atoms with van der Waals surface area (Å²) in [5.41, 5.74) is 6.01. The van der Waals surface area contributed by atoms with Crippen molar-refractivity contribution < 1.29 is 13.2 Å². The molecule has 0 saturated carbocycles. The minimum absolute atomic E-state index is 0.0832. The topological polar surface area (TPSA) is 81.4 Å². The van der Waals surface area contributed by atoms with Crippen LogP contribution in [0.2, 0.25) is 0 Å². The molecule has 0 aromatic heterocycles. The van der Waals surface area contributed by atoms with E-state index in [2.05, 4.69) is 16.6 Å². The van der Waals surface area contributed by atoms with E-state index in [1.54, 1.807) is 12.1 Å². The van der Waals surface area contributed by atoms with Crippen molar-refractivity contribution in [2.75, 3.05) is 19.7 Å². The Morgan fingerprint density at radius 3 is 2.50 bits per heavy atom. The molecule has 3 N–H and O–H groups in total. The van der Waals surface area contributed by atoms with Crippen LogP contribution in [0.4, 0.5) is 0 Å². The van der Waals surface area contributed by atoms with Crippen LogP contribution in [-0.4, -0.2) is 34.2 Å². The maximum Gasteiger partial charge on any atom is 0.240 e. The van der Waals surface area contributed by atoms with Gasteiger partial charge in [-0.15, -0.1) is 0 Å². The third-order valence-electron chi connectivity index (χ3n) is 2.34. The van der Waals surface area contributed by atoms with Gasteiger partial charge < -0.3 is 10.5 Å². The second-order valence-corrected chi connectivity index (χ2v) is 6.11.